The third kappa shape index (κ3) is 1.84. The van der Waals surface area contributed by atoms with Crippen molar-refractivity contribution in [1.82, 2.24) is 4.98 Å². The van der Waals surface area contributed by atoms with E-state index < -0.39 is 0 Å². The summed E-state index contributed by atoms with van der Waals surface area (Å²) in [5.74, 6) is 0. The monoisotopic (exact) mass is 425 g/mol. The Hall–Kier alpha value is 0.320. The number of nitrogens with zero attached hydrogens (tertiary/aromatic N) is 1. The van der Waals surface area contributed by atoms with E-state index in [9.17, 15) is 0 Å². The van der Waals surface area contributed by atoms with Gasteiger partial charge in [-0.1, -0.05) is 22.0 Å². The molecule has 0 atom stereocenters. The molecule has 0 saturated carbocycles. The Bertz CT molecular complexity index is 511. The van der Waals surface area contributed by atoms with Crippen LogP contribution in [0.2, 0.25) is 0 Å². The van der Waals surface area contributed by atoms with Crippen LogP contribution in [-0.2, 0) is 0 Å². The van der Waals surface area contributed by atoms with Crippen molar-refractivity contribution in [3.63, 3.8) is 0 Å². The van der Waals surface area contributed by atoms with E-state index in [4.69, 9.17) is 0 Å². The smallest absolute Gasteiger partial charge is 0.0728 e. The van der Waals surface area contributed by atoms with Crippen LogP contribution in [0, 0.1) is 10.5 Å². The number of fused-ring (bicyclic) bond motifs is 1. The molecule has 0 spiro atoms. The molecule has 0 N–H and O–H groups in total. The first-order valence-electron chi connectivity index (χ1n) is 4.00. The summed E-state index contributed by atoms with van der Waals surface area (Å²) in [5, 5.41) is 1.16. The summed E-state index contributed by atoms with van der Waals surface area (Å²) in [7, 11) is 0. The fourth-order valence-corrected chi connectivity index (χ4v) is 2.67. The number of hydrogen-bond donors (Lipinski definition) is 0. The van der Waals surface area contributed by atoms with E-state index in [1.807, 2.05) is 19.1 Å². The lowest BCUT2D eigenvalue weighted by Crippen LogP contribution is -1.90. The van der Waals surface area contributed by atoms with Gasteiger partial charge in [0.25, 0.3) is 0 Å². The average molecular weight is 427 g/mol. The summed E-state index contributed by atoms with van der Waals surface area (Å²) in [4.78, 5) is 4.53. The molecule has 0 amide bonds. The highest BCUT2D eigenvalue weighted by atomic mass is 127. The number of pyridine rings is 1. The molecule has 0 aliphatic heterocycles. The molecule has 0 unspecified atom stereocenters. The summed E-state index contributed by atoms with van der Waals surface area (Å²) < 4.78 is 3.37. The molecule has 0 fully saturated rings. The number of aromatic nitrogens is 1. The number of rotatable bonds is 0. The van der Waals surface area contributed by atoms with E-state index >= 15 is 0 Å². The summed E-state index contributed by atoms with van der Waals surface area (Å²) >= 11 is 9.34. The zero-order chi connectivity index (χ0) is 10.3. The molecule has 0 saturated heterocycles. The third-order valence-electron chi connectivity index (χ3n) is 1.99. The molecule has 0 radical (unpaired) electrons. The first-order valence-corrected chi connectivity index (χ1v) is 6.67. The van der Waals surface area contributed by atoms with Crippen LogP contribution in [0.25, 0.3) is 10.9 Å². The molecule has 14 heavy (non-hydrogen) atoms. The van der Waals surface area contributed by atoms with Crippen molar-refractivity contribution in [2.75, 3.05) is 0 Å². The highest BCUT2D eigenvalue weighted by Gasteiger charge is 2.07. The normalized spacial score (nSPS) is 10.9. The first-order chi connectivity index (χ1) is 6.59. The van der Waals surface area contributed by atoms with Crippen LogP contribution in [0.1, 0.15) is 5.69 Å². The zero-order valence-electron chi connectivity index (χ0n) is 7.31. The Morgan fingerprint density at radius 1 is 1.29 bits per heavy atom. The Labute approximate surface area is 113 Å². The van der Waals surface area contributed by atoms with Crippen LogP contribution in [0.3, 0.4) is 0 Å². The Morgan fingerprint density at radius 2 is 2.00 bits per heavy atom. The van der Waals surface area contributed by atoms with Gasteiger partial charge in [0.05, 0.1) is 11.2 Å². The van der Waals surface area contributed by atoms with Crippen molar-refractivity contribution in [3.8, 4) is 0 Å². The predicted molar refractivity (Wildman–Crippen MR) is 74.6 cm³/mol. The molecule has 1 aromatic carbocycles. The molecular weight excluding hydrogens is 421 g/mol. The maximum absolute atomic E-state index is 4.53. The van der Waals surface area contributed by atoms with E-state index in [0.717, 1.165) is 25.5 Å². The molecule has 0 bridgehead atoms. The van der Waals surface area contributed by atoms with Gasteiger partial charge in [-0.05, 0) is 57.6 Å². The summed E-state index contributed by atoms with van der Waals surface area (Å²) in [6.45, 7) is 2.02. The topological polar surface area (TPSA) is 12.9 Å². The van der Waals surface area contributed by atoms with Gasteiger partial charge in [0.1, 0.15) is 0 Å². The van der Waals surface area contributed by atoms with Gasteiger partial charge in [-0.3, -0.25) is 4.98 Å². The fraction of sp³-hybridized carbons (Fsp3) is 0.100. The van der Waals surface area contributed by atoms with E-state index in [-0.39, 0.29) is 0 Å². The Balaban J connectivity index is 2.91. The maximum atomic E-state index is 4.53. The predicted octanol–water partition coefficient (Wildman–Crippen LogP) is 4.67. The molecule has 1 aromatic heterocycles. The zero-order valence-corrected chi connectivity index (χ0v) is 12.6. The quantitative estimate of drug-likeness (QED) is 0.558. The van der Waals surface area contributed by atoms with Gasteiger partial charge in [-0.2, -0.15) is 0 Å². The Kier molecular flexibility index (Phi) is 3.14. The number of halogens is 3. The van der Waals surface area contributed by atoms with Crippen molar-refractivity contribution >= 4 is 65.4 Å². The molecule has 2 aromatic rings. The largest absolute Gasteiger partial charge is 0.252 e. The van der Waals surface area contributed by atoms with Crippen molar-refractivity contribution in [1.29, 1.82) is 0 Å². The van der Waals surface area contributed by atoms with Crippen molar-refractivity contribution in [3.05, 3.63) is 36.4 Å². The highest BCUT2D eigenvalue weighted by Crippen LogP contribution is 2.30. The van der Waals surface area contributed by atoms with Gasteiger partial charge in [0.2, 0.25) is 0 Å². The van der Waals surface area contributed by atoms with Gasteiger partial charge in [-0.25, -0.2) is 0 Å². The SMILES string of the molecule is Cc1nc2cc(Br)ccc2c(Br)c1I. The minimum atomic E-state index is 1.02. The fourth-order valence-electron chi connectivity index (χ4n) is 1.29. The van der Waals surface area contributed by atoms with Gasteiger partial charge in [-0.15, -0.1) is 0 Å². The van der Waals surface area contributed by atoms with Crippen LogP contribution in [0.15, 0.2) is 27.1 Å². The van der Waals surface area contributed by atoms with Crippen LogP contribution in [0.5, 0.6) is 0 Å². The number of aryl methyl sites for hydroxylation is 1. The third-order valence-corrected chi connectivity index (χ3v) is 5.37. The first kappa shape index (κ1) is 10.8. The molecule has 4 heteroatoms. The second-order valence-corrected chi connectivity index (χ2v) is 5.77. The summed E-state index contributed by atoms with van der Waals surface area (Å²) in [6, 6.07) is 6.13. The van der Waals surface area contributed by atoms with Gasteiger partial charge in [0.15, 0.2) is 0 Å². The minimum Gasteiger partial charge on any atom is -0.252 e. The molecular formula is C10H6Br2IN. The summed E-state index contributed by atoms with van der Waals surface area (Å²) in [6.07, 6.45) is 0. The maximum Gasteiger partial charge on any atom is 0.0728 e. The molecule has 72 valence electrons. The highest BCUT2D eigenvalue weighted by molar-refractivity contribution is 14.1. The molecule has 1 heterocycles. The van der Waals surface area contributed by atoms with Crippen molar-refractivity contribution in [2.45, 2.75) is 6.92 Å². The average Bonchev–Trinajstić information content (AvgIpc) is 2.14. The standard InChI is InChI=1S/C10H6Br2IN/c1-5-10(13)9(12)7-3-2-6(11)4-8(7)14-5/h2-4H,1H3. The van der Waals surface area contributed by atoms with Crippen LogP contribution in [0.4, 0.5) is 0 Å². The van der Waals surface area contributed by atoms with E-state index in [1.165, 1.54) is 3.57 Å². The van der Waals surface area contributed by atoms with Crippen LogP contribution >= 0.6 is 54.5 Å². The molecule has 1 nitrogen and oxygen atoms in total. The minimum absolute atomic E-state index is 1.02. The molecule has 2 rings (SSSR count). The second kappa shape index (κ2) is 4.06. The van der Waals surface area contributed by atoms with E-state index in [1.54, 1.807) is 0 Å². The van der Waals surface area contributed by atoms with Gasteiger partial charge in [0, 0.05) is 17.9 Å². The lowest BCUT2D eigenvalue weighted by atomic mass is 10.2. The van der Waals surface area contributed by atoms with Crippen molar-refractivity contribution < 1.29 is 0 Å². The van der Waals surface area contributed by atoms with Gasteiger partial charge < -0.3 is 0 Å². The van der Waals surface area contributed by atoms with E-state index in [2.05, 4.69) is 65.5 Å². The lowest BCUT2D eigenvalue weighted by Gasteiger charge is -2.05. The molecule has 0 aliphatic carbocycles. The number of hydrogen-bond acceptors (Lipinski definition) is 1. The van der Waals surface area contributed by atoms with Gasteiger partial charge >= 0.3 is 0 Å². The number of benzene rings is 1. The summed E-state index contributed by atoms with van der Waals surface area (Å²) in [5.41, 5.74) is 2.08. The Morgan fingerprint density at radius 3 is 2.71 bits per heavy atom. The second-order valence-electron chi connectivity index (χ2n) is 2.99. The lowest BCUT2D eigenvalue weighted by molar-refractivity contribution is 1.22. The van der Waals surface area contributed by atoms with Crippen molar-refractivity contribution in [2.24, 2.45) is 0 Å². The van der Waals surface area contributed by atoms with Crippen LogP contribution < -0.4 is 0 Å². The van der Waals surface area contributed by atoms with Crippen LogP contribution in [-0.4, -0.2) is 4.98 Å². The molecule has 0 aliphatic rings. The van der Waals surface area contributed by atoms with E-state index in [0.29, 0.717) is 0 Å².